The lowest BCUT2D eigenvalue weighted by Gasteiger charge is -2.38. The number of hydrogen-bond donors (Lipinski definition) is 11. The highest BCUT2D eigenvalue weighted by Crippen LogP contribution is 2.30. The first-order valence-electron chi connectivity index (χ1n) is 22.2. The Labute approximate surface area is 393 Å². The molecular weight excluding hydrogens is 917 g/mol. The van der Waals surface area contributed by atoms with Crippen LogP contribution in [0, 0.1) is 16.0 Å². The highest BCUT2D eigenvalue weighted by Gasteiger charge is 2.44. The smallest absolute Gasteiger partial charge is 0.310 e. The molecule has 68 heavy (non-hydrogen) atoms. The zero-order valence-corrected chi connectivity index (χ0v) is 38.7. The zero-order valence-electron chi connectivity index (χ0n) is 37.9. The van der Waals surface area contributed by atoms with Crippen molar-refractivity contribution < 1.29 is 67.3 Å². The van der Waals surface area contributed by atoms with E-state index in [1.807, 2.05) is 0 Å². The second-order valence-corrected chi connectivity index (χ2v) is 18.8. The number of primary amides is 2. The molecule has 0 aromatic heterocycles. The molecule has 1 heterocycles. The van der Waals surface area contributed by atoms with E-state index in [1.54, 1.807) is 13.8 Å². The number of phenolic OH excluding ortho intramolecular Hbond substituents is 1. The zero-order chi connectivity index (χ0) is 50.7. The Hall–Kier alpha value is -6.73. The summed E-state index contributed by atoms with van der Waals surface area (Å²) >= 11 is 0. The van der Waals surface area contributed by atoms with E-state index in [0.29, 0.717) is 19.3 Å². The van der Waals surface area contributed by atoms with Gasteiger partial charge in [-0.25, -0.2) is 0 Å². The fourth-order valence-corrected chi connectivity index (χ4v) is 8.80. The van der Waals surface area contributed by atoms with Gasteiger partial charge in [-0.15, -0.1) is 0 Å². The monoisotopic (exact) mass is 978 g/mol. The number of nitro benzene ring substituents is 1. The van der Waals surface area contributed by atoms with Gasteiger partial charge in [0.2, 0.25) is 53.2 Å². The van der Waals surface area contributed by atoms with Gasteiger partial charge < -0.3 is 58.9 Å². The predicted octanol–water partition coefficient (Wildman–Crippen LogP) is -2.20. The van der Waals surface area contributed by atoms with Crippen LogP contribution in [0.4, 0.5) is 5.69 Å². The minimum atomic E-state index is -2.16. The molecule has 0 radical (unpaired) electrons. The Bertz CT molecular complexity index is 2100. The third kappa shape index (κ3) is 18.2. The van der Waals surface area contributed by atoms with Gasteiger partial charge in [0.1, 0.15) is 41.5 Å². The molecule has 1 unspecified atom stereocenters. The molecule has 376 valence electrons. The van der Waals surface area contributed by atoms with Crippen molar-refractivity contribution in [1.29, 1.82) is 0 Å². The molecule has 9 amide bonds. The summed E-state index contributed by atoms with van der Waals surface area (Å²) in [5.41, 5.74) is 8.52. The van der Waals surface area contributed by atoms with Crippen LogP contribution in [0.2, 0.25) is 0 Å². The van der Waals surface area contributed by atoms with Crippen molar-refractivity contribution in [2.75, 3.05) is 18.1 Å². The summed E-state index contributed by atoms with van der Waals surface area (Å²) < 4.78 is 13.1. The topological polar surface area (TPSA) is 408 Å². The van der Waals surface area contributed by atoms with E-state index >= 15 is 0 Å². The number of hydrogen-bond acceptors (Lipinski definition) is 14. The Kier molecular flexibility index (Phi) is 21.7. The average molecular weight is 979 g/mol. The summed E-state index contributed by atoms with van der Waals surface area (Å²) in [5.74, 6) is -11.9. The molecule has 3 rings (SSSR count). The van der Waals surface area contributed by atoms with Crippen molar-refractivity contribution in [3.8, 4) is 5.75 Å². The number of nitro groups is 1. The average Bonchev–Trinajstić information content (AvgIpc) is 3.24. The predicted molar refractivity (Wildman–Crippen MR) is 241 cm³/mol. The van der Waals surface area contributed by atoms with Crippen LogP contribution in [0.1, 0.15) is 103 Å². The van der Waals surface area contributed by atoms with Crippen LogP contribution in [-0.4, -0.2) is 132 Å². The second-order valence-electron chi connectivity index (χ2n) is 17.3. The van der Waals surface area contributed by atoms with E-state index in [1.165, 1.54) is 6.07 Å². The van der Waals surface area contributed by atoms with E-state index in [4.69, 9.17) is 11.5 Å². The Morgan fingerprint density at radius 2 is 1.50 bits per heavy atom. The Balaban J connectivity index is 2.12. The number of amides is 9. The highest BCUT2D eigenvalue weighted by molar-refractivity contribution is 7.85. The number of benzene rings is 1. The van der Waals surface area contributed by atoms with Gasteiger partial charge in [-0.05, 0) is 62.5 Å². The van der Waals surface area contributed by atoms with E-state index in [9.17, 15) is 72.5 Å². The highest BCUT2D eigenvalue weighted by atomic mass is 32.2. The first kappa shape index (κ1) is 55.6. The van der Waals surface area contributed by atoms with E-state index in [0.717, 1.165) is 12.1 Å². The molecule has 25 nitrogen and oxygen atoms in total. The lowest BCUT2D eigenvalue weighted by atomic mass is 9.80. The fraction of sp³-hybridized carbons (Fsp3) is 0.619. The molecule has 1 saturated carbocycles. The van der Waals surface area contributed by atoms with Crippen LogP contribution < -0.4 is 48.7 Å². The number of nitrogens with zero attached hydrogens (tertiary/aromatic N) is 1. The number of carbonyl (C=O) groups is 10. The van der Waals surface area contributed by atoms with E-state index < -0.39 is 153 Å². The van der Waals surface area contributed by atoms with Crippen molar-refractivity contribution in [2.24, 2.45) is 17.4 Å². The van der Waals surface area contributed by atoms with E-state index in [2.05, 4.69) is 37.2 Å². The third-order valence-corrected chi connectivity index (χ3v) is 12.5. The van der Waals surface area contributed by atoms with Crippen LogP contribution in [0.15, 0.2) is 18.2 Å². The molecule has 2 aliphatic rings. The summed E-state index contributed by atoms with van der Waals surface area (Å²) in [4.78, 5) is 143. The molecule has 2 fully saturated rings. The van der Waals surface area contributed by atoms with Crippen molar-refractivity contribution in [3.63, 3.8) is 0 Å². The number of rotatable bonds is 12. The van der Waals surface area contributed by atoms with E-state index in [-0.39, 0.29) is 69.4 Å². The summed E-state index contributed by atoms with van der Waals surface area (Å²) in [5, 5.41) is 48.9. The molecule has 0 bridgehead atoms. The van der Waals surface area contributed by atoms with Gasteiger partial charge >= 0.3 is 11.7 Å². The normalized spacial score (nSPS) is 24.4. The first-order valence-corrected chi connectivity index (χ1v) is 23.7. The SMILES string of the molecule is CC(C)C[C@@H]1NC(=O)[C@H](CCCC(=O)O)NC(=O)CS(=O)C[C@H](C(N)=O)NC(=O)CCCCNC(=O)[C@H](CC(N)=O)NC(=O)C2(CCCCC2)NC(=O)[C@H](Cc2ccc(O)c([N+](=O)[O-])c2)NC1=O. The van der Waals surface area contributed by atoms with Crippen molar-refractivity contribution in [1.82, 2.24) is 37.2 Å². The standard InChI is InChI=1S/C42H62N10O15S/c1-23(2)17-26-39(62)49-27(18-24-12-13-31(53)30(19-24)52(65)66)40(63)51-42(14-5-3-6-15-42)41(64)50-28(20-32(43)54)37(60)45-16-7-4-10-33(55)47-29(36(44)59)21-68(67)22-34(56)46-25(38(61)48-26)9-8-11-35(57)58/h12-13,19,23,25-29,53H,3-11,14-18,20-22H2,1-2H3,(H2,43,54)(H2,44,59)(H,45,60)(H,46,56)(H,47,55)(H,48,61)(H,49,62)(H,50,64)(H,51,63)(H,57,58)/t25-,26-,27-,28-,29+,68?/m0/s1. The maximum Gasteiger partial charge on any atom is 0.310 e. The van der Waals surface area contributed by atoms with Crippen molar-refractivity contribution >= 4 is 75.6 Å². The molecule has 1 aromatic rings. The van der Waals surface area contributed by atoms with Gasteiger partial charge in [0.05, 0.1) is 17.1 Å². The minimum Gasteiger partial charge on any atom is -0.502 e. The van der Waals surface area contributed by atoms with Crippen LogP contribution >= 0.6 is 0 Å². The molecule has 13 N–H and O–H groups in total. The van der Waals surface area contributed by atoms with Gasteiger partial charge in [-0.1, -0.05) is 39.2 Å². The van der Waals surface area contributed by atoms with Crippen LogP contribution in [0.5, 0.6) is 5.75 Å². The van der Waals surface area contributed by atoms with Gasteiger partial charge in [0.25, 0.3) is 0 Å². The summed E-state index contributed by atoms with van der Waals surface area (Å²) in [7, 11) is -2.16. The maximum absolute atomic E-state index is 14.5. The van der Waals surface area contributed by atoms with Crippen molar-refractivity contribution in [2.45, 2.75) is 139 Å². The number of carbonyl (C=O) groups excluding carboxylic acids is 9. The number of carboxylic acid groups (broad SMARTS) is 1. The second kappa shape index (κ2) is 26.6. The van der Waals surface area contributed by atoms with Gasteiger partial charge in [0, 0.05) is 42.7 Å². The lowest BCUT2D eigenvalue weighted by molar-refractivity contribution is -0.385. The molecule has 6 atom stereocenters. The number of nitrogens with one attached hydrogen (secondary N) is 7. The minimum absolute atomic E-state index is 0.0358. The lowest BCUT2D eigenvalue weighted by Crippen LogP contribution is -2.66. The van der Waals surface area contributed by atoms with Gasteiger partial charge in [-0.2, -0.15) is 0 Å². The number of aliphatic carboxylic acids is 1. The number of phenols is 1. The third-order valence-electron chi connectivity index (χ3n) is 11.2. The molecule has 1 aliphatic carbocycles. The summed E-state index contributed by atoms with van der Waals surface area (Å²) in [6.45, 7) is 3.36. The molecular formula is C42H62N10O15S. The summed E-state index contributed by atoms with van der Waals surface area (Å²) in [6.07, 6.45) is -0.346. The van der Waals surface area contributed by atoms with Crippen molar-refractivity contribution in [3.05, 3.63) is 33.9 Å². The fourth-order valence-electron chi connectivity index (χ4n) is 7.69. The molecule has 1 spiro atoms. The number of carboxylic acids is 1. The van der Waals surface area contributed by atoms with Crippen LogP contribution in [0.25, 0.3) is 0 Å². The first-order chi connectivity index (χ1) is 32.0. The quantitative estimate of drug-likeness (QED) is 0.0782. The Morgan fingerprint density at radius 1 is 0.838 bits per heavy atom. The molecule has 1 saturated heterocycles. The molecule has 26 heteroatoms. The number of aromatic hydroxyl groups is 1. The Morgan fingerprint density at radius 3 is 2.12 bits per heavy atom. The number of nitrogens with two attached hydrogens (primary N) is 2. The molecule has 1 aliphatic heterocycles. The summed E-state index contributed by atoms with van der Waals surface area (Å²) in [6, 6.07) is -4.34. The van der Waals surface area contributed by atoms with Crippen LogP contribution in [-0.2, 0) is 65.2 Å². The van der Waals surface area contributed by atoms with Gasteiger partial charge in [-0.3, -0.25) is 62.3 Å². The van der Waals surface area contributed by atoms with Gasteiger partial charge in [0.15, 0.2) is 5.75 Å². The van der Waals surface area contributed by atoms with Crippen LogP contribution in [0.3, 0.4) is 0 Å². The largest absolute Gasteiger partial charge is 0.502 e. The maximum atomic E-state index is 14.5. The molecule has 1 aromatic carbocycles.